The molecule has 1 fully saturated rings. The van der Waals surface area contributed by atoms with E-state index in [2.05, 4.69) is 6.92 Å². The van der Waals surface area contributed by atoms with Crippen LogP contribution in [0.3, 0.4) is 0 Å². The number of aliphatic hydroxyl groups is 5. The quantitative estimate of drug-likeness (QED) is 0.0590. The van der Waals surface area contributed by atoms with Gasteiger partial charge in [0, 0.05) is 12.0 Å². The summed E-state index contributed by atoms with van der Waals surface area (Å²) in [5.41, 5.74) is 0.559. The number of esters is 1. The van der Waals surface area contributed by atoms with Gasteiger partial charge in [-0.25, -0.2) is 4.79 Å². The highest BCUT2D eigenvalue weighted by molar-refractivity contribution is 5.90. The number of carbonyl (C=O) groups excluding carboxylic acids is 1. The van der Waals surface area contributed by atoms with Crippen molar-refractivity contribution in [3.8, 4) is 0 Å². The summed E-state index contributed by atoms with van der Waals surface area (Å²) in [6, 6.07) is 0. The second kappa shape index (κ2) is 22.5. The molecule has 252 valence electrons. The molecule has 2 heterocycles. The second-order valence-electron chi connectivity index (χ2n) is 13.3. The van der Waals surface area contributed by atoms with Crippen molar-refractivity contribution in [2.45, 2.75) is 204 Å². The number of unbranched alkanes of at least 4 members (excludes halogenated alkanes) is 11. The van der Waals surface area contributed by atoms with Crippen molar-refractivity contribution < 1.29 is 39.8 Å². The first-order chi connectivity index (χ1) is 20.7. The number of carbonyl (C=O) groups is 1. The molecule has 0 bridgehead atoms. The van der Waals surface area contributed by atoms with Crippen LogP contribution in [0.25, 0.3) is 0 Å². The van der Waals surface area contributed by atoms with Crippen LogP contribution >= 0.6 is 0 Å². The van der Waals surface area contributed by atoms with E-state index in [0.717, 1.165) is 44.9 Å². The van der Waals surface area contributed by atoms with Crippen molar-refractivity contribution in [2.75, 3.05) is 0 Å². The summed E-state index contributed by atoms with van der Waals surface area (Å²) in [7, 11) is 0. The minimum absolute atomic E-state index is 0.0786. The lowest BCUT2D eigenvalue weighted by Gasteiger charge is -2.23. The van der Waals surface area contributed by atoms with Crippen LogP contribution in [0.1, 0.15) is 155 Å². The predicted octanol–water partition coefficient (Wildman–Crippen LogP) is 6.03. The number of hydrogen-bond acceptors (Lipinski definition) is 8. The van der Waals surface area contributed by atoms with E-state index in [1.165, 1.54) is 51.4 Å². The van der Waals surface area contributed by atoms with Gasteiger partial charge in [-0.15, -0.1) is 0 Å². The fraction of sp³-hybridized carbons (Fsp3) is 0.914. The molecule has 8 heteroatoms. The third-order valence-corrected chi connectivity index (χ3v) is 9.18. The molecule has 43 heavy (non-hydrogen) atoms. The Morgan fingerprint density at radius 1 is 0.721 bits per heavy atom. The maximum atomic E-state index is 11.7. The van der Waals surface area contributed by atoms with E-state index in [4.69, 9.17) is 9.47 Å². The Bertz CT molecular complexity index is 758. The standard InChI is InChI=1S/C35H64O8/c1-3-4-5-6-7-8-9-10-11-15-18-31(38)32(39)20-21-33(40)34-22-19-30(43-34)25-29(37)17-14-12-13-16-28(36)24-27-23-26(2)42-35(27)41/h23,26,28-34,36-40H,3-22,24-25H2,1-2H3/t26-,28+,29+,30-,31+,32+,33-,34-/m0/s1. The van der Waals surface area contributed by atoms with E-state index in [0.29, 0.717) is 50.5 Å². The first kappa shape index (κ1) is 38.2. The topological polar surface area (TPSA) is 137 Å². The highest BCUT2D eigenvalue weighted by atomic mass is 16.5. The number of cyclic esters (lactones) is 1. The highest BCUT2D eigenvalue weighted by Crippen LogP contribution is 2.28. The minimum Gasteiger partial charge on any atom is -0.455 e. The molecule has 0 radical (unpaired) electrons. The molecule has 0 aromatic rings. The van der Waals surface area contributed by atoms with Crippen molar-refractivity contribution in [1.82, 2.24) is 0 Å². The van der Waals surface area contributed by atoms with Gasteiger partial charge in [0.15, 0.2) is 0 Å². The molecule has 8 nitrogen and oxygen atoms in total. The number of ether oxygens (including phenoxy) is 2. The van der Waals surface area contributed by atoms with E-state index >= 15 is 0 Å². The van der Waals surface area contributed by atoms with Crippen LogP contribution in [0.5, 0.6) is 0 Å². The Kier molecular flexibility index (Phi) is 19.9. The summed E-state index contributed by atoms with van der Waals surface area (Å²) in [5, 5.41) is 52.1. The Morgan fingerprint density at radius 2 is 1.28 bits per heavy atom. The van der Waals surface area contributed by atoms with Gasteiger partial charge in [0.1, 0.15) is 6.10 Å². The fourth-order valence-electron chi connectivity index (χ4n) is 6.44. The number of aliphatic hydroxyl groups excluding tert-OH is 5. The molecule has 8 atom stereocenters. The Morgan fingerprint density at radius 3 is 1.91 bits per heavy atom. The molecule has 2 aliphatic heterocycles. The minimum atomic E-state index is -0.826. The molecular weight excluding hydrogens is 548 g/mol. The summed E-state index contributed by atoms with van der Waals surface area (Å²) in [4.78, 5) is 11.7. The van der Waals surface area contributed by atoms with Gasteiger partial charge in [-0.05, 0) is 64.4 Å². The van der Waals surface area contributed by atoms with Crippen molar-refractivity contribution >= 4 is 5.97 Å². The molecule has 0 amide bonds. The van der Waals surface area contributed by atoms with Gasteiger partial charge >= 0.3 is 5.97 Å². The molecule has 5 N–H and O–H groups in total. The van der Waals surface area contributed by atoms with Crippen molar-refractivity contribution in [3.63, 3.8) is 0 Å². The molecule has 0 unspecified atom stereocenters. The van der Waals surface area contributed by atoms with Crippen LogP contribution < -0.4 is 0 Å². The largest absolute Gasteiger partial charge is 0.455 e. The zero-order valence-electron chi connectivity index (χ0n) is 27.2. The molecule has 1 saturated heterocycles. The SMILES string of the molecule is CCCCCCCCCCCC[C@@H](O)[C@H](O)CC[C@H](O)[C@@H]1CC[C@@H](C[C@H](O)CCCCC[C@@H](O)CC2=C[C@H](C)OC2=O)O1. The van der Waals surface area contributed by atoms with Crippen LogP contribution in [0.15, 0.2) is 11.6 Å². The maximum absolute atomic E-state index is 11.7. The first-order valence-corrected chi connectivity index (χ1v) is 17.7. The monoisotopic (exact) mass is 612 g/mol. The van der Waals surface area contributed by atoms with E-state index in [-0.39, 0.29) is 24.3 Å². The zero-order chi connectivity index (χ0) is 31.5. The Balaban J connectivity index is 1.46. The average molecular weight is 613 g/mol. The lowest BCUT2D eigenvalue weighted by molar-refractivity contribution is -0.139. The van der Waals surface area contributed by atoms with E-state index < -0.39 is 30.5 Å². The smallest absolute Gasteiger partial charge is 0.334 e. The summed E-state index contributed by atoms with van der Waals surface area (Å²) in [6.45, 7) is 4.04. The molecule has 0 aliphatic carbocycles. The molecule has 2 rings (SSSR count). The van der Waals surface area contributed by atoms with Crippen LogP contribution in [0, 0.1) is 0 Å². The maximum Gasteiger partial charge on any atom is 0.334 e. The lowest BCUT2D eigenvalue weighted by Crippen LogP contribution is -2.31. The third kappa shape index (κ3) is 16.7. The third-order valence-electron chi connectivity index (χ3n) is 9.18. The lowest BCUT2D eigenvalue weighted by atomic mass is 9.97. The van der Waals surface area contributed by atoms with Gasteiger partial charge in [-0.3, -0.25) is 0 Å². The predicted molar refractivity (Wildman–Crippen MR) is 170 cm³/mol. The van der Waals surface area contributed by atoms with Crippen LogP contribution in [0.2, 0.25) is 0 Å². The Hall–Kier alpha value is -1.03. The van der Waals surface area contributed by atoms with Crippen LogP contribution in [0.4, 0.5) is 0 Å². The molecule has 0 aromatic heterocycles. The number of hydrogen-bond donors (Lipinski definition) is 5. The summed E-state index contributed by atoms with van der Waals surface area (Å²) < 4.78 is 11.1. The van der Waals surface area contributed by atoms with Gasteiger partial charge < -0.3 is 35.0 Å². The van der Waals surface area contributed by atoms with Crippen LogP contribution in [-0.2, 0) is 14.3 Å². The van der Waals surface area contributed by atoms with E-state index in [9.17, 15) is 30.3 Å². The summed E-state index contributed by atoms with van der Waals surface area (Å²) in [6.07, 6.45) is 17.9. The Labute approximate surface area is 261 Å². The van der Waals surface area contributed by atoms with Gasteiger partial charge in [0.05, 0.1) is 42.7 Å². The zero-order valence-corrected chi connectivity index (χ0v) is 27.2. The average Bonchev–Trinajstić information content (AvgIpc) is 3.56. The summed E-state index contributed by atoms with van der Waals surface area (Å²) in [5.74, 6) is -0.329. The normalized spacial score (nSPS) is 24.0. The van der Waals surface area contributed by atoms with Crippen LogP contribution in [-0.4, -0.2) is 80.3 Å². The molecule has 2 aliphatic rings. The van der Waals surface area contributed by atoms with Crippen molar-refractivity contribution in [3.05, 3.63) is 11.6 Å². The highest BCUT2D eigenvalue weighted by Gasteiger charge is 2.32. The molecule has 0 aromatic carbocycles. The van der Waals surface area contributed by atoms with Gasteiger partial charge in [0.2, 0.25) is 0 Å². The van der Waals surface area contributed by atoms with Crippen molar-refractivity contribution in [1.29, 1.82) is 0 Å². The van der Waals surface area contributed by atoms with E-state index in [1.807, 2.05) is 0 Å². The van der Waals surface area contributed by atoms with E-state index in [1.54, 1.807) is 13.0 Å². The van der Waals surface area contributed by atoms with Gasteiger partial charge in [-0.1, -0.05) is 90.4 Å². The first-order valence-electron chi connectivity index (χ1n) is 17.7. The summed E-state index contributed by atoms with van der Waals surface area (Å²) >= 11 is 0. The van der Waals surface area contributed by atoms with Gasteiger partial charge in [-0.2, -0.15) is 0 Å². The fourth-order valence-corrected chi connectivity index (χ4v) is 6.44. The molecular formula is C35H64O8. The number of rotatable bonds is 26. The molecule has 0 saturated carbocycles. The second-order valence-corrected chi connectivity index (χ2v) is 13.3. The van der Waals surface area contributed by atoms with Gasteiger partial charge in [0.25, 0.3) is 0 Å². The molecule has 0 spiro atoms. The van der Waals surface area contributed by atoms with Crippen molar-refractivity contribution in [2.24, 2.45) is 0 Å².